The van der Waals surface area contributed by atoms with E-state index in [1.807, 2.05) is 18.0 Å². The molecule has 0 amide bonds. The minimum atomic E-state index is 0.338. The van der Waals surface area contributed by atoms with Gasteiger partial charge in [-0.2, -0.15) is 11.8 Å². The zero-order valence-electron chi connectivity index (χ0n) is 17.2. The van der Waals surface area contributed by atoms with Crippen molar-refractivity contribution < 1.29 is 4.74 Å². The van der Waals surface area contributed by atoms with Crippen LogP contribution in [0.5, 0.6) is 5.75 Å². The van der Waals surface area contributed by atoms with Crippen LogP contribution in [0.1, 0.15) is 56.6 Å². The van der Waals surface area contributed by atoms with Gasteiger partial charge in [0.25, 0.3) is 0 Å². The van der Waals surface area contributed by atoms with E-state index in [9.17, 15) is 0 Å². The number of hydrogen-bond acceptors (Lipinski definition) is 5. The largest absolute Gasteiger partial charge is 0.489 e. The lowest BCUT2D eigenvalue weighted by molar-refractivity contribution is 0.118. The molecule has 2 aliphatic heterocycles. The number of benzene rings is 1. The van der Waals surface area contributed by atoms with Gasteiger partial charge in [0, 0.05) is 59.7 Å². The van der Waals surface area contributed by atoms with E-state index in [0.29, 0.717) is 18.2 Å². The Kier molecular flexibility index (Phi) is 6.19. The van der Waals surface area contributed by atoms with Gasteiger partial charge in [-0.3, -0.25) is 0 Å². The topological polar surface area (TPSA) is 48.4 Å². The standard InChI is InChI=1S/C23H33N3OS/c1-16-8-9-21-22(26(16)2)11-10-20(23(21)27-19-6-3-7-19)17(13-24)14-25-18-5-4-12-28-15-18/h10-11,13-14,16,18-19,24-25H,3-9,12,15H2,1-2H3/b17-14+,24-13?. The van der Waals surface area contributed by atoms with Crippen LogP contribution in [0.4, 0.5) is 5.69 Å². The smallest absolute Gasteiger partial charge is 0.132 e. The summed E-state index contributed by atoms with van der Waals surface area (Å²) in [5.74, 6) is 3.45. The lowest BCUT2D eigenvalue weighted by Gasteiger charge is -2.37. The van der Waals surface area contributed by atoms with Crippen molar-refractivity contribution in [2.75, 3.05) is 23.5 Å². The number of nitrogens with one attached hydrogen (secondary N) is 2. The van der Waals surface area contributed by atoms with Gasteiger partial charge in [-0.05, 0) is 69.8 Å². The van der Waals surface area contributed by atoms with Gasteiger partial charge in [-0.1, -0.05) is 0 Å². The summed E-state index contributed by atoms with van der Waals surface area (Å²) in [4.78, 5) is 2.38. The van der Waals surface area contributed by atoms with Gasteiger partial charge in [0.05, 0.1) is 6.10 Å². The van der Waals surface area contributed by atoms with Crippen molar-refractivity contribution in [2.45, 2.75) is 70.1 Å². The molecule has 4 nitrogen and oxygen atoms in total. The van der Waals surface area contributed by atoms with Crippen LogP contribution < -0.4 is 15.0 Å². The molecule has 1 saturated heterocycles. The number of hydrogen-bond donors (Lipinski definition) is 2. The fraction of sp³-hybridized carbons (Fsp3) is 0.609. The fourth-order valence-electron chi connectivity index (χ4n) is 4.27. The summed E-state index contributed by atoms with van der Waals surface area (Å²) in [5, 5.41) is 11.6. The second-order valence-corrected chi connectivity index (χ2v) is 9.58. The summed E-state index contributed by atoms with van der Waals surface area (Å²) in [5.41, 5.74) is 4.61. The molecule has 2 unspecified atom stereocenters. The molecule has 152 valence electrons. The van der Waals surface area contributed by atoms with Crippen molar-refractivity contribution in [3.05, 3.63) is 29.5 Å². The molecular weight excluding hydrogens is 366 g/mol. The zero-order valence-corrected chi connectivity index (χ0v) is 18.0. The first-order chi connectivity index (χ1) is 13.7. The van der Waals surface area contributed by atoms with Gasteiger partial charge in [-0.25, -0.2) is 0 Å². The highest BCUT2D eigenvalue weighted by Crippen LogP contribution is 2.42. The van der Waals surface area contributed by atoms with Gasteiger partial charge in [0.2, 0.25) is 0 Å². The van der Waals surface area contributed by atoms with E-state index in [4.69, 9.17) is 10.1 Å². The first-order valence-electron chi connectivity index (χ1n) is 10.8. The van der Waals surface area contributed by atoms with E-state index in [1.54, 1.807) is 0 Å². The van der Waals surface area contributed by atoms with E-state index < -0.39 is 0 Å². The van der Waals surface area contributed by atoms with Crippen LogP contribution in [0.15, 0.2) is 18.3 Å². The van der Waals surface area contributed by atoms with E-state index in [0.717, 1.165) is 48.3 Å². The molecule has 3 aliphatic rings. The molecule has 2 N–H and O–H groups in total. The first kappa shape index (κ1) is 19.7. The van der Waals surface area contributed by atoms with Crippen molar-refractivity contribution in [3.63, 3.8) is 0 Å². The number of allylic oxidation sites excluding steroid dienone is 1. The molecule has 0 radical (unpaired) electrons. The van der Waals surface area contributed by atoms with Crippen LogP contribution in [0, 0.1) is 5.41 Å². The van der Waals surface area contributed by atoms with Gasteiger partial charge in [0.1, 0.15) is 5.75 Å². The molecule has 4 rings (SSSR count). The molecule has 1 aromatic rings. The SMILES string of the molecule is CC1CCc2c(ccc(/C(C=N)=C/NC3CCCSC3)c2OC2CCC2)N1C. The van der Waals surface area contributed by atoms with Crippen LogP contribution in [0.25, 0.3) is 5.57 Å². The molecule has 2 fully saturated rings. The maximum absolute atomic E-state index is 8.06. The second kappa shape index (κ2) is 8.81. The van der Waals surface area contributed by atoms with E-state index in [2.05, 4.69) is 36.3 Å². The van der Waals surface area contributed by atoms with Gasteiger partial charge in [-0.15, -0.1) is 0 Å². The molecule has 1 aromatic carbocycles. The number of rotatable bonds is 6. The van der Waals surface area contributed by atoms with Crippen molar-refractivity contribution >= 4 is 29.2 Å². The Hall–Kier alpha value is -1.62. The summed E-state index contributed by atoms with van der Waals surface area (Å²) < 4.78 is 6.54. The summed E-state index contributed by atoms with van der Waals surface area (Å²) in [6.07, 6.45) is 12.1. The Bertz CT molecular complexity index is 738. The van der Waals surface area contributed by atoms with Crippen molar-refractivity contribution in [1.82, 2.24) is 5.32 Å². The molecular formula is C23H33N3OS. The highest BCUT2D eigenvalue weighted by atomic mass is 32.2. The molecule has 0 spiro atoms. The molecule has 1 aliphatic carbocycles. The van der Waals surface area contributed by atoms with Crippen LogP contribution in [-0.4, -0.2) is 43.0 Å². The molecule has 2 heterocycles. The van der Waals surface area contributed by atoms with Crippen LogP contribution >= 0.6 is 11.8 Å². The monoisotopic (exact) mass is 399 g/mol. The highest BCUT2D eigenvalue weighted by molar-refractivity contribution is 7.99. The maximum Gasteiger partial charge on any atom is 0.132 e. The predicted molar refractivity (Wildman–Crippen MR) is 121 cm³/mol. The predicted octanol–water partition coefficient (Wildman–Crippen LogP) is 4.86. The Morgan fingerprint density at radius 3 is 2.79 bits per heavy atom. The van der Waals surface area contributed by atoms with Gasteiger partial charge in [0.15, 0.2) is 0 Å². The fourth-order valence-corrected chi connectivity index (χ4v) is 5.35. The van der Waals surface area contributed by atoms with Crippen LogP contribution in [0.3, 0.4) is 0 Å². The second-order valence-electron chi connectivity index (χ2n) is 8.43. The average molecular weight is 400 g/mol. The first-order valence-corrected chi connectivity index (χ1v) is 11.9. The minimum Gasteiger partial charge on any atom is -0.489 e. The number of ether oxygens (including phenoxy) is 1. The quantitative estimate of drug-likeness (QED) is 0.671. The Balaban J connectivity index is 1.66. The van der Waals surface area contributed by atoms with Crippen molar-refractivity contribution in [2.24, 2.45) is 0 Å². The third kappa shape index (κ3) is 4.05. The Labute approximate surface area is 173 Å². The van der Waals surface area contributed by atoms with Gasteiger partial charge < -0.3 is 20.4 Å². The normalized spacial score (nSPS) is 25.6. The van der Waals surface area contributed by atoms with Crippen molar-refractivity contribution in [3.8, 4) is 5.75 Å². The zero-order chi connectivity index (χ0) is 19.5. The Morgan fingerprint density at radius 1 is 1.25 bits per heavy atom. The third-order valence-corrected chi connectivity index (χ3v) is 7.74. The average Bonchev–Trinajstić information content (AvgIpc) is 2.69. The molecule has 0 bridgehead atoms. The lowest BCUT2D eigenvalue weighted by atomic mass is 9.91. The molecule has 2 atom stereocenters. The summed E-state index contributed by atoms with van der Waals surface area (Å²) in [6.45, 7) is 2.29. The van der Waals surface area contributed by atoms with E-state index >= 15 is 0 Å². The number of anilines is 1. The maximum atomic E-state index is 8.06. The van der Waals surface area contributed by atoms with E-state index in [-0.39, 0.29) is 0 Å². The number of thioether (sulfide) groups is 1. The van der Waals surface area contributed by atoms with E-state index in [1.165, 1.54) is 42.5 Å². The van der Waals surface area contributed by atoms with Crippen LogP contribution in [0.2, 0.25) is 0 Å². The lowest BCUT2D eigenvalue weighted by Crippen LogP contribution is -2.34. The molecule has 1 saturated carbocycles. The number of nitrogens with zero attached hydrogens (tertiary/aromatic N) is 1. The molecule has 0 aromatic heterocycles. The number of fused-ring (bicyclic) bond motifs is 1. The molecule has 5 heteroatoms. The summed E-state index contributed by atoms with van der Waals surface area (Å²) >= 11 is 2.02. The van der Waals surface area contributed by atoms with Crippen molar-refractivity contribution in [1.29, 1.82) is 5.41 Å². The minimum absolute atomic E-state index is 0.338. The highest BCUT2D eigenvalue weighted by Gasteiger charge is 2.28. The third-order valence-electron chi connectivity index (χ3n) is 6.53. The van der Waals surface area contributed by atoms with Crippen LogP contribution in [-0.2, 0) is 6.42 Å². The Morgan fingerprint density at radius 2 is 2.11 bits per heavy atom. The summed E-state index contributed by atoms with van der Waals surface area (Å²) in [6, 6.07) is 5.45. The summed E-state index contributed by atoms with van der Waals surface area (Å²) in [7, 11) is 2.19. The van der Waals surface area contributed by atoms with Gasteiger partial charge >= 0.3 is 0 Å². The molecule has 28 heavy (non-hydrogen) atoms.